The highest BCUT2D eigenvalue weighted by molar-refractivity contribution is 5.79. The largest absolute Gasteiger partial charge is 0.382 e. The number of rotatable bonds is 6. The zero-order valence-corrected chi connectivity index (χ0v) is 19.2. The van der Waals surface area contributed by atoms with Gasteiger partial charge in [0.2, 0.25) is 5.91 Å². The van der Waals surface area contributed by atoms with Crippen molar-refractivity contribution in [2.75, 3.05) is 31.7 Å². The van der Waals surface area contributed by atoms with Crippen LogP contribution in [0.4, 0.5) is 5.82 Å². The molecule has 4 fully saturated rings. The van der Waals surface area contributed by atoms with Gasteiger partial charge >= 0.3 is 0 Å². The first-order chi connectivity index (χ1) is 15.5. The van der Waals surface area contributed by atoms with Gasteiger partial charge in [-0.25, -0.2) is 15.4 Å². The maximum Gasteiger partial charge on any atom is 0.220 e. The summed E-state index contributed by atoms with van der Waals surface area (Å²) >= 11 is 0. The van der Waals surface area contributed by atoms with E-state index in [0.717, 1.165) is 63.1 Å². The summed E-state index contributed by atoms with van der Waals surface area (Å²) in [6.07, 6.45) is 8.81. The number of fused-ring (bicyclic) bond motifs is 1. The van der Waals surface area contributed by atoms with Gasteiger partial charge in [-0.2, -0.15) is 0 Å². The Kier molecular flexibility index (Phi) is 6.33. The highest BCUT2D eigenvalue weighted by atomic mass is 16.5. The lowest BCUT2D eigenvalue weighted by Gasteiger charge is -2.39. The van der Waals surface area contributed by atoms with Crippen molar-refractivity contribution in [3.63, 3.8) is 0 Å². The minimum atomic E-state index is 0.00462. The molecule has 0 radical (unpaired) electrons. The van der Waals surface area contributed by atoms with Crippen molar-refractivity contribution in [2.24, 2.45) is 5.92 Å². The molecule has 1 saturated carbocycles. The molecule has 0 aromatic carbocycles. The lowest BCUT2D eigenvalue weighted by atomic mass is 9.79. The van der Waals surface area contributed by atoms with E-state index in [9.17, 15) is 4.79 Å². The van der Waals surface area contributed by atoms with Crippen LogP contribution in [0.3, 0.4) is 0 Å². The Morgan fingerprint density at radius 3 is 2.81 bits per heavy atom. The summed E-state index contributed by atoms with van der Waals surface area (Å²) in [6, 6.07) is 2.73. The van der Waals surface area contributed by atoms with Gasteiger partial charge in [-0.05, 0) is 45.4 Å². The molecular formula is C23H36N6O3. The van der Waals surface area contributed by atoms with Crippen molar-refractivity contribution in [1.29, 1.82) is 0 Å². The first kappa shape index (κ1) is 22.0. The van der Waals surface area contributed by atoms with Gasteiger partial charge in [0.05, 0.1) is 30.6 Å². The highest BCUT2D eigenvalue weighted by Crippen LogP contribution is 2.39. The fraction of sp³-hybridized carbons (Fsp3) is 0.783. The lowest BCUT2D eigenvalue weighted by Crippen LogP contribution is -2.51. The third-order valence-electron chi connectivity index (χ3n) is 7.80. The molecule has 9 heteroatoms. The quantitative estimate of drug-likeness (QED) is 0.606. The van der Waals surface area contributed by atoms with Crippen LogP contribution in [0.25, 0.3) is 0 Å². The molecule has 1 spiro atoms. The standard InChI is InChI=1S/C23H36N6O3/c1-15(13-31-2)32-16-3-4-18-17(11-16)22(28-27-18)19-12-20(25-14-24-19)29-9-7-23(8-10-29)6-5-21(30)26-23/h12,14-18,22,27-28H,3-11,13H2,1-2H3,(H,26,30)/t15-,16?,17?,18?,22?/m0/s1. The number of hydrazine groups is 1. The number of nitrogens with zero attached hydrogens (tertiary/aromatic N) is 3. The Labute approximate surface area is 190 Å². The van der Waals surface area contributed by atoms with Crippen LogP contribution in [-0.4, -0.2) is 66.5 Å². The van der Waals surface area contributed by atoms with Gasteiger partial charge < -0.3 is 19.7 Å². The zero-order valence-electron chi connectivity index (χ0n) is 19.2. The predicted octanol–water partition coefficient (Wildman–Crippen LogP) is 1.46. The Hall–Kier alpha value is -1.81. The van der Waals surface area contributed by atoms with E-state index in [1.807, 2.05) is 0 Å². The second-order valence-corrected chi connectivity index (χ2v) is 9.99. The molecular weight excluding hydrogens is 408 g/mol. The summed E-state index contributed by atoms with van der Waals surface area (Å²) in [5, 5.41) is 3.22. The molecule has 4 heterocycles. The van der Waals surface area contributed by atoms with E-state index >= 15 is 0 Å². The summed E-state index contributed by atoms with van der Waals surface area (Å²) in [5.41, 5.74) is 8.04. The summed E-state index contributed by atoms with van der Waals surface area (Å²) in [6.45, 7) is 4.52. The molecule has 9 nitrogen and oxygen atoms in total. The van der Waals surface area contributed by atoms with E-state index < -0.39 is 0 Å². The van der Waals surface area contributed by atoms with Crippen LogP contribution in [0.2, 0.25) is 0 Å². The van der Waals surface area contributed by atoms with Crippen molar-refractivity contribution in [3.8, 4) is 0 Å². The van der Waals surface area contributed by atoms with Gasteiger partial charge in [0.1, 0.15) is 12.1 Å². The molecule has 1 amide bonds. The van der Waals surface area contributed by atoms with Gasteiger partial charge in [-0.15, -0.1) is 0 Å². The number of piperidine rings is 1. The van der Waals surface area contributed by atoms with Gasteiger partial charge in [-0.3, -0.25) is 10.2 Å². The molecule has 4 aliphatic rings. The number of amides is 1. The van der Waals surface area contributed by atoms with Crippen LogP contribution in [0, 0.1) is 5.92 Å². The number of nitrogens with one attached hydrogen (secondary N) is 3. The average molecular weight is 445 g/mol. The molecule has 176 valence electrons. The van der Waals surface area contributed by atoms with Gasteiger partial charge in [0.25, 0.3) is 0 Å². The van der Waals surface area contributed by atoms with E-state index in [1.54, 1.807) is 13.4 Å². The normalized spacial score (nSPS) is 32.7. The Balaban J connectivity index is 1.24. The second-order valence-electron chi connectivity index (χ2n) is 9.99. The van der Waals surface area contributed by atoms with Gasteiger partial charge in [-0.1, -0.05) is 0 Å². The second kappa shape index (κ2) is 9.21. The lowest BCUT2D eigenvalue weighted by molar-refractivity contribution is -0.119. The van der Waals surface area contributed by atoms with Crippen LogP contribution in [-0.2, 0) is 14.3 Å². The Morgan fingerprint density at radius 1 is 1.22 bits per heavy atom. The molecule has 3 N–H and O–H groups in total. The average Bonchev–Trinajstić information content (AvgIpc) is 3.38. The zero-order chi connectivity index (χ0) is 22.1. The van der Waals surface area contributed by atoms with Crippen molar-refractivity contribution >= 4 is 11.7 Å². The maximum absolute atomic E-state index is 11.7. The number of anilines is 1. The minimum Gasteiger partial charge on any atom is -0.382 e. The number of methoxy groups -OCH3 is 1. The molecule has 3 aliphatic heterocycles. The topological polar surface area (TPSA) is 101 Å². The molecule has 1 aromatic heterocycles. The fourth-order valence-electron chi connectivity index (χ4n) is 6.05. The number of hydrogen-bond acceptors (Lipinski definition) is 8. The molecule has 5 rings (SSSR count). The predicted molar refractivity (Wildman–Crippen MR) is 120 cm³/mol. The molecule has 32 heavy (non-hydrogen) atoms. The molecule has 0 bridgehead atoms. The number of aromatic nitrogens is 2. The van der Waals surface area contributed by atoms with Crippen LogP contribution in [0.5, 0.6) is 0 Å². The van der Waals surface area contributed by atoms with E-state index in [4.69, 9.17) is 9.47 Å². The monoisotopic (exact) mass is 444 g/mol. The van der Waals surface area contributed by atoms with Crippen molar-refractivity contribution in [2.45, 2.75) is 81.7 Å². The number of ether oxygens (including phenoxy) is 2. The Bertz CT molecular complexity index is 815. The molecule has 3 saturated heterocycles. The smallest absolute Gasteiger partial charge is 0.220 e. The van der Waals surface area contributed by atoms with E-state index in [1.165, 1.54) is 0 Å². The summed E-state index contributed by atoms with van der Waals surface area (Å²) < 4.78 is 11.5. The summed E-state index contributed by atoms with van der Waals surface area (Å²) in [5.74, 6) is 1.62. The first-order valence-electron chi connectivity index (χ1n) is 12.1. The first-order valence-corrected chi connectivity index (χ1v) is 12.1. The fourth-order valence-corrected chi connectivity index (χ4v) is 6.05. The third-order valence-corrected chi connectivity index (χ3v) is 7.80. The van der Waals surface area contributed by atoms with E-state index in [2.05, 4.69) is 44.0 Å². The van der Waals surface area contributed by atoms with Crippen LogP contribution < -0.4 is 21.1 Å². The van der Waals surface area contributed by atoms with Gasteiger partial charge in [0, 0.05) is 50.2 Å². The van der Waals surface area contributed by atoms with E-state index in [0.29, 0.717) is 25.0 Å². The van der Waals surface area contributed by atoms with Crippen LogP contribution in [0.1, 0.15) is 63.6 Å². The molecule has 1 aliphatic carbocycles. The third kappa shape index (κ3) is 4.48. The van der Waals surface area contributed by atoms with Gasteiger partial charge in [0.15, 0.2) is 0 Å². The summed E-state index contributed by atoms with van der Waals surface area (Å²) in [4.78, 5) is 23.3. The SMILES string of the molecule is COC[C@H](C)OC1CCC2NNC(c3cc(N4CCC5(CCC(=O)N5)CC4)ncn3)C2C1. The number of carbonyl (C=O) groups is 1. The number of carbonyl (C=O) groups excluding carboxylic acids is 1. The Morgan fingerprint density at radius 2 is 2.06 bits per heavy atom. The van der Waals surface area contributed by atoms with E-state index in [-0.39, 0.29) is 29.7 Å². The molecule has 4 unspecified atom stereocenters. The highest BCUT2D eigenvalue weighted by Gasteiger charge is 2.43. The maximum atomic E-state index is 11.7. The van der Waals surface area contributed by atoms with Crippen LogP contribution in [0.15, 0.2) is 12.4 Å². The van der Waals surface area contributed by atoms with Crippen molar-refractivity contribution in [1.82, 2.24) is 26.1 Å². The molecule has 5 atom stereocenters. The minimum absolute atomic E-state index is 0.00462. The van der Waals surface area contributed by atoms with Crippen molar-refractivity contribution in [3.05, 3.63) is 18.1 Å². The van der Waals surface area contributed by atoms with Crippen molar-refractivity contribution < 1.29 is 14.3 Å². The van der Waals surface area contributed by atoms with Crippen LogP contribution >= 0.6 is 0 Å². The summed E-state index contributed by atoms with van der Waals surface area (Å²) in [7, 11) is 1.72. The number of hydrogen-bond donors (Lipinski definition) is 3. The molecule has 1 aromatic rings.